The average Bonchev–Trinajstić information content (AvgIpc) is 2.72. The summed E-state index contributed by atoms with van der Waals surface area (Å²) in [5.41, 5.74) is 1.83. The Balaban J connectivity index is 4.56. The Kier molecular flexibility index (Phi) is 17.0. The first-order valence-corrected chi connectivity index (χ1v) is 13.8. The zero-order valence-corrected chi connectivity index (χ0v) is 24.6. The molecule has 0 heterocycles. The molecule has 2 amide bonds. The molecule has 0 aromatic rings. The molecular formula is C25H41IN2O6S. The number of amides is 2. The molecule has 0 aliphatic carbocycles. The molecule has 0 radical (unpaired) electrons. The monoisotopic (exact) mass is 624 g/mol. The summed E-state index contributed by atoms with van der Waals surface area (Å²) >= 11 is 3.70. The van der Waals surface area contributed by atoms with E-state index in [1.807, 2.05) is 0 Å². The third-order valence-electron chi connectivity index (χ3n) is 4.63. The smallest absolute Gasteiger partial charge is 0.408 e. The lowest BCUT2D eigenvalue weighted by Gasteiger charge is -2.23. The van der Waals surface area contributed by atoms with Crippen molar-refractivity contribution in [3.8, 4) is 0 Å². The van der Waals surface area contributed by atoms with Gasteiger partial charge in [-0.25, -0.2) is 9.59 Å². The third-order valence-corrected chi connectivity index (χ3v) is 6.05. The molecule has 0 fully saturated rings. The number of carboxylic acids is 1. The molecule has 0 spiro atoms. The van der Waals surface area contributed by atoms with E-state index in [4.69, 9.17) is 4.74 Å². The Labute approximate surface area is 227 Å². The van der Waals surface area contributed by atoms with Gasteiger partial charge in [0.2, 0.25) is 5.91 Å². The molecule has 200 valence electrons. The molecule has 35 heavy (non-hydrogen) atoms. The van der Waals surface area contributed by atoms with Crippen LogP contribution >= 0.6 is 34.4 Å². The van der Waals surface area contributed by atoms with Crippen molar-refractivity contribution in [2.24, 2.45) is 0 Å². The maximum absolute atomic E-state index is 12.4. The van der Waals surface area contributed by atoms with Crippen molar-refractivity contribution in [2.75, 3.05) is 18.1 Å². The van der Waals surface area contributed by atoms with Gasteiger partial charge in [0.15, 0.2) is 0 Å². The van der Waals surface area contributed by atoms with E-state index in [-0.39, 0.29) is 5.75 Å². The number of hydrogen-bond acceptors (Lipinski definition) is 6. The number of ether oxygens (including phenoxy) is 1. The number of aliphatic hydroxyl groups is 1. The second-order valence-electron chi connectivity index (χ2n) is 9.29. The van der Waals surface area contributed by atoms with E-state index in [9.17, 15) is 24.6 Å². The van der Waals surface area contributed by atoms with E-state index in [1.54, 1.807) is 20.8 Å². The first-order valence-electron chi connectivity index (χ1n) is 11.6. The lowest BCUT2D eigenvalue weighted by molar-refractivity contribution is -0.141. The Morgan fingerprint density at radius 2 is 1.54 bits per heavy atom. The molecule has 0 rings (SSSR count). The van der Waals surface area contributed by atoms with Gasteiger partial charge in [0.05, 0.1) is 6.61 Å². The number of hydrogen-bond donors (Lipinski definition) is 4. The summed E-state index contributed by atoms with van der Waals surface area (Å²) in [4.78, 5) is 35.8. The number of carboxylic acid groups (broad SMARTS) is 1. The zero-order valence-electron chi connectivity index (χ0n) is 21.7. The van der Waals surface area contributed by atoms with Gasteiger partial charge in [-0.2, -0.15) is 11.8 Å². The number of carbonyl (C=O) groups excluding carboxylic acids is 2. The number of nitrogens with one attached hydrogen (secondary N) is 2. The predicted molar refractivity (Wildman–Crippen MR) is 151 cm³/mol. The molecular weight excluding hydrogens is 583 g/mol. The van der Waals surface area contributed by atoms with E-state index in [2.05, 4.69) is 72.2 Å². The normalized spacial score (nSPS) is 14.8. The first kappa shape index (κ1) is 33.5. The fraction of sp³-hybridized carbons (Fsp3) is 0.640. The van der Waals surface area contributed by atoms with Gasteiger partial charge in [-0.05, 0) is 93.4 Å². The minimum Gasteiger partial charge on any atom is -0.480 e. The zero-order chi connectivity index (χ0) is 27.0. The van der Waals surface area contributed by atoms with Gasteiger partial charge >= 0.3 is 12.1 Å². The predicted octanol–water partition coefficient (Wildman–Crippen LogP) is 4.97. The highest BCUT2D eigenvalue weighted by atomic mass is 127. The molecule has 0 unspecified atom stereocenters. The minimum atomic E-state index is -1.31. The summed E-state index contributed by atoms with van der Waals surface area (Å²) < 4.78 is 6.37. The lowest BCUT2D eigenvalue weighted by Crippen LogP contribution is -2.54. The van der Waals surface area contributed by atoms with E-state index < -0.39 is 42.3 Å². The van der Waals surface area contributed by atoms with Crippen molar-refractivity contribution in [2.45, 2.75) is 84.9 Å². The highest BCUT2D eigenvalue weighted by molar-refractivity contribution is 14.1. The van der Waals surface area contributed by atoms with Crippen molar-refractivity contribution in [3.05, 3.63) is 33.0 Å². The number of halogens is 1. The molecule has 8 nitrogen and oxygen atoms in total. The standard InChI is InChI=1S/C25H41IN2O6S/c1-17(11-8-12-19(3)26)9-7-10-18(2)13-14-35-16-21(23(31)32)27-22(30)20(15-29)28-24(33)34-25(4,5)6/h9,12-13,20-21,29H,7-8,10-11,14-16H2,1-6H3,(H,27,30)(H,28,33)(H,31,32)/b17-9+,18-13+,19-12+/t20-,21-/m0/s1. The second kappa shape index (κ2) is 17.8. The lowest BCUT2D eigenvalue weighted by atomic mass is 10.1. The van der Waals surface area contributed by atoms with Gasteiger partial charge in [0, 0.05) is 11.5 Å². The van der Waals surface area contributed by atoms with E-state index >= 15 is 0 Å². The Bertz CT molecular complexity index is 785. The van der Waals surface area contributed by atoms with Gasteiger partial charge < -0.3 is 25.6 Å². The molecule has 2 atom stereocenters. The molecule has 0 saturated heterocycles. The van der Waals surface area contributed by atoms with Crippen LogP contribution in [0.15, 0.2) is 33.0 Å². The van der Waals surface area contributed by atoms with Crippen LogP contribution in [0.25, 0.3) is 0 Å². The molecule has 0 saturated carbocycles. The maximum Gasteiger partial charge on any atom is 0.408 e. The molecule has 0 aliphatic heterocycles. The van der Waals surface area contributed by atoms with Gasteiger partial charge in [-0.1, -0.05) is 29.4 Å². The van der Waals surface area contributed by atoms with Crippen LogP contribution in [-0.2, 0) is 14.3 Å². The first-order chi connectivity index (χ1) is 16.2. The molecule has 0 aromatic carbocycles. The van der Waals surface area contributed by atoms with Crippen LogP contribution in [0.1, 0.15) is 67.2 Å². The maximum atomic E-state index is 12.4. The molecule has 10 heteroatoms. The van der Waals surface area contributed by atoms with E-state index in [0.29, 0.717) is 5.75 Å². The summed E-state index contributed by atoms with van der Waals surface area (Å²) in [7, 11) is 0. The largest absolute Gasteiger partial charge is 0.480 e. The molecule has 0 aliphatic rings. The highest BCUT2D eigenvalue weighted by Crippen LogP contribution is 2.14. The number of allylic oxidation sites excluding steroid dienone is 5. The van der Waals surface area contributed by atoms with Crippen molar-refractivity contribution in [1.82, 2.24) is 10.6 Å². The van der Waals surface area contributed by atoms with Crippen molar-refractivity contribution < 1.29 is 29.3 Å². The molecule has 0 bridgehead atoms. The van der Waals surface area contributed by atoms with Crippen LogP contribution in [-0.4, -0.2) is 64.0 Å². The van der Waals surface area contributed by atoms with Crippen molar-refractivity contribution >= 4 is 52.3 Å². The summed E-state index contributed by atoms with van der Waals surface area (Å²) in [6.07, 6.45) is 9.71. The van der Waals surface area contributed by atoms with Crippen LogP contribution in [0.4, 0.5) is 4.79 Å². The van der Waals surface area contributed by atoms with Crippen LogP contribution in [0.3, 0.4) is 0 Å². The average molecular weight is 625 g/mol. The number of aliphatic hydroxyl groups excluding tert-OH is 1. The highest BCUT2D eigenvalue weighted by Gasteiger charge is 2.27. The van der Waals surface area contributed by atoms with Crippen molar-refractivity contribution in [3.63, 3.8) is 0 Å². The van der Waals surface area contributed by atoms with E-state index in [1.165, 1.54) is 26.5 Å². The van der Waals surface area contributed by atoms with Gasteiger partial charge in [0.25, 0.3) is 0 Å². The third kappa shape index (κ3) is 18.4. The van der Waals surface area contributed by atoms with Crippen molar-refractivity contribution in [1.29, 1.82) is 0 Å². The van der Waals surface area contributed by atoms with Gasteiger partial charge in [-0.3, -0.25) is 4.79 Å². The Hall–Kier alpha value is -1.53. The van der Waals surface area contributed by atoms with Crippen LogP contribution in [0, 0.1) is 0 Å². The van der Waals surface area contributed by atoms with Crippen LogP contribution < -0.4 is 10.6 Å². The Morgan fingerprint density at radius 1 is 0.971 bits per heavy atom. The topological polar surface area (TPSA) is 125 Å². The Morgan fingerprint density at radius 3 is 2.06 bits per heavy atom. The summed E-state index contributed by atoms with van der Waals surface area (Å²) in [6.45, 7) is 10.6. The fourth-order valence-electron chi connectivity index (χ4n) is 2.73. The second-order valence-corrected chi connectivity index (χ2v) is 12.1. The quantitative estimate of drug-likeness (QED) is 0.115. The minimum absolute atomic E-state index is 0.151. The number of rotatable bonds is 15. The summed E-state index contributed by atoms with van der Waals surface area (Å²) in [5, 5.41) is 23.5. The SMILES string of the molecule is C/C(I)=C\CC/C(C)=C/CC/C(C)=C/CSC[C@H](NC(=O)[C@H](CO)NC(=O)OC(C)(C)C)C(=O)O. The number of thioether (sulfide) groups is 1. The van der Waals surface area contributed by atoms with Crippen LogP contribution in [0.5, 0.6) is 0 Å². The molecule has 0 aromatic heterocycles. The molecule has 4 N–H and O–H groups in total. The van der Waals surface area contributed by atoms with Gasteiger partial charge in [0.1, 0.15) is 17.7 Å². The summed E-state index contributed by atoms with van der Waals surface area (Å²) in [6, 6.07) is -2.46. The summed E-state index contributed by atoms with van der Waals surface area (Å²) in [5.74, 6) is -1.20. The number of alkyl carbamates (subject to hydrolysis) is 1. The van der Waals surface area contributed by atoms with E-state index in [0.717, 1.165) is 25.7 Å². The van der Waals surface area contributed by atoms with Gasteiger partial charge in [-0.15, -0.1) is 0 Å². The van der Waals surface area contributed by atoms with Crippen LogP contribution in [0.2, 0.25) is 0 Å². The fourth-order valence-corrected chi connectivity index (χ4v) is 4.04. The number of carbonyl (C=O) groups is 3. The number of aliphatic carboxylic acids is 1.